The Bertz CT molecular complexity index is 481. The van der Waals surface area contributed by atoms with Gasteiger partial charge in [-0.3, -0.25) is 0 Å². The number of fused-ring (bicyclic) bond motifs is 1. The first-order chi connectivity index (χ1) is 8.58. The minimum atomic E-state index is 0.989. The van der Waals surface area contributed by atoms with Crippen molar-refractivity contribution in [2.24, 2.45) is 0 Å². The Kier molecular flexibility index (Phi) is 4.00. The van der Waals surface area contributed by atoms with Gasteiger partial charge in [0.05, 0.1) is 0 Å². The molecule has 0 atom stereocenters. The fraction of sp³-hybridized carbons (Fsp3) is 0.375. The van der Waals surface area contributed by atoms with Crippen molar-refractivity contribution in [1.29, 1.82) is 0 Å². The maximum absolute atomic E-state index is 2.27. The quantitative estimate of drug-likeness (QED) is 0.813. The smallest absolute Gasteiger partial charge is 0.0233 e. The van der Waals surface area contributed by atoms with Crippen molar-refractivity contribution in [2.75, 3.05) is 28.2 Å². The van der Waals surface area contributed by atoms with Gasteiger partial charge in [0.25, 0.3) is 0 Å². The first-order valence-corrected chi connectivity index (χ1v) is 6.37. The molecule has 0 bridgehead atoms. The normalized spacial score (nSPS) is 11.7. The van der Waals surface area contributed by atoms with Crippen molar-refractivity contribution in [3.63, 3.8) is 0 Å². The van der Waals surface area contributed by atoms with Crippen LogP contribution in [0.25, 0.3) is 10.8 Å². The second-order valence-corrected chi connectivity index (χ2v) is 5.40. The molecular weight excluding hydrogens is 220 g/mol. The number of hydrogen-bond donors (Lipinski definition) is 0. The molecule has 2 heteroatoms. The maximum atomic E-state index is 2.27. The summed E-state index contributed by atoms with van der Waals surface area (Å²) in [5, 5.41) is 2.76. The molecule has 0 saturated heterocycles. The molecule has 0 fully saturated rings. The average molecular weight is 242 g/mol. The molecule has 0 saturated carbocycles. The van der Waals surface area contributed by atoms with Crippen LogP contribution in [0.3, 0.4) is 0 Å². The summed E-state index contributed by atoms with van der Waals surface area (Å²) in [6.07, 6.45) is 0. The third-order valence-corrected chi connectivity index (χ3v) is 3.08. The van der Waals surface area contributed by atoms with E-state index in [9.17, 15) is 0 Å². The third kappa shape index (κ3) is 2.89. The highest BCUT2D eigenvalue weighted by atomic mass is 15.1. The van der Waals surface area contributed by atoms with E-state index >= 15 is 0 Å². The summed E-state index contributed by atoms with van der Waals surface area (Å²) < 4.78 is 0. The van der Waals surface area contributed by atoms with Gasteiger partial charge in [0.2, 0.25) is 0 Å². The van der Waals surface area contributed by atoms with Gasteiger partial charge in [-0.2, -0.15) is 0 Å². The fourth-order valence-electron chi connectivity index (χ4n) is 2.38. The van der Waals surface area contributed by atoms with E-state index in [0.29, 0.717) is 0 Å². The van der Waals surface area contributed by atoms with Gasteiger partial charge in [0.15, 0.2) is 0 Å². The van der Waals surface area contributed by atoms with E-state index in [2.05, 4.69) is 74.4 Å². The molecule has 0 spiro atoms. The summed E-state index contributed by atoms with van der Waals surface area (Å²) in [6.45, 7) is 1.98. The number of rotatable bonds is 4. The zero-order valence-corrected chi connectivity index (χ0v) is 11.8. The van der Waals surface area contributed by atoms with Crippen LogP contribution in [0.1, 0.15) is 11.1 Å². The van der Waals surface area contributed by atoms with Crippen molar-refractivity contribution < 1.29 is 0 Å². The van der Waals surface area contributed by atoms with Crippen LogP contribution in [0.5, 0.6) is 0 Å². The van der Waals surface area contributed by atoms with Crippen LogP contribution in [0.15, 0.2) is 36.4 Å². The van der Waals surface area contributed by atoms with Crippen molar-refractivity contribution >= 4 is 10.8 Å². The molecule has 0 heterocycles. The first-order valence-electron chi connectivity index (χ1n) is 6.37. The van der Waals surface area contributed by atoms with Gasteiger partial charge in [-0.1, -0.05) is 36.4 Å². The lowest BCUT2D eigenvalue weighted by atomic mass is 9.99. The molecular formula is C16H22N2. The molecule has 2 nitrogen and oxygen atoms in total. The molecule has 0 amide bonds. The van der Waals surface area contributed by atoms with Gasteiger partial charge in [-0.05, 0) is 50.1 Å². The zero-order valence-electron chi connectivity index (χ0n) is 11.8. The Morgan fingerprint density at radius 3 is 1.39 bits per heavy atom. The molecule has 2 aromatic rings. The summed E-state index contributed by atoms with van der Waals surface area (Å²) in [5.74, 6) is 0. The molecule has 2 aromatic carbocycles. The van der Waals surface area contributed by atoms with Crippen molar-refractivity contribution in [3.05, 3.63) is 47.5 Å². The molecule has 2 rings (SSSR count). The van der Waals surface area contributed by atoms with Crippen LogP contribution in [-0.2, 0) is 13.1 Å². The molecule has 96 valence electrons. The van der Waals surface area contributed by atoms with Gasteiger partial charge >= 0.3 is 0 Å². The highest BCUT2D eigenvalue weighted by Gasteiger charge is 2.06. The van der Waals surface area contributed by atoms with Crippen LogP contribution >= 0.6 is 0 Å². The van der Waals surface area contributed by atoms with Crippen LogP contribution in [-0.4, -0.2) is 38.0 Å². The van der Waals surface area contributed by atoms with Crippen molar-refractivity contribution in [2.45, 2.75) is 13.1 Å². The van der Waals surface area contributed by atoms with Gasteiger partial charge < -0.3 is 9.80 Å². The van der Waals surface area contributed by atoms with Gasteiger partial charge in [0.1, 0.15) is 0 Å². The van der Waals surface area contributed by atoms with E-state index in [1.165, 1.54) is 21.9 Å². The summed E-state index contributed by atoms with van der Waals surface area (Å²) >= 11 is 0. The van der Waals surface area contributed by atoms with Gasteiger partial charge in [-0.25, -0.2) is 0 Å². The highest BCUT2D eigenvalue weighted by Crippen LogP contribution is 2.24. The van der Waals surface area contributed by atoms with E-state index in [-0.39, 0.29) is 0 Å². The highest BCUT2D eigenvalue weighted by molar-refractivity contribution is 5.88. The van der Waals surface area contributed by atoms with Crippen LogP contribution < -0.4 is 0 Å². The predicted octanol–water partition coefficient (Wildman–Crippen LogP) is 2.96. The summed E-state index contributed by atoms with van der Waals surface area (Å²) in [4.78, 5) is 4.43. The summed E-state index contributed by atoms with van der Waals surface area (Å²) in [7, 11) is 8.45. The standard InChI is InChI=1S/C16H22N2/c1-17(2)11-13-9-10-14(12-18(3)4)16-8-6-5-7-15(13)16/h5-10H,11-12H2,1-4H3. The third-order valence-electron chi connectivity index (χ3n) is 3.08. The van der Waals surface area contributed by atoms with Crippen LogP contribution in [0.2, 0.25) is 0 Å². The fourth-order valence-corrected chi connectivity index (χ4v) is 2.38. The monoisotopic (exact) mass is 242 g/mol. The molecule has 0 aliphatic rings. The average Bonchev–Trinajstić information content (AvgIpc) is 2.31. The topological polar surface area (TPSA) is 6.48 Å². The lowest BCUT2D eigenvalue weighted by Gasteiger charge is -2.16. The zero-order chi connectivity index (χ0) is 13.1. The lowest BCUT2D eigenvalue weighted by Crippen LogP contribution is -2.13. The van der Waals surface area contributed by atoms with E-state index in [1.807, 2.05) is 0 Å². The molecule has 0 N–H and O–H groups in total. The Labute approximate surface area is 110 Å². The molecule has 0 aromatic heterocycles. The Morgan fingerprint density at radius 2 is 1.06 bits per heavy atom. The Balaban J connectivity index is 2.51. The number of hydrogen-bond acceptors (Lipinski definition) is 2. The van der Waals surface area contributed by atoms with E-state index in [1.54, 1.807) is 0 Å². The second kappa shape index (κ2) is 5.51. The minimum absolute atomic E-state index is 0.989. The largest absolute Gasteiger partial charge is 0.305 e. The molecule has 0 radical (unpaired) electrons. The molecule has 0 aliphatic carbocycles. The van der Waals surface area contributed by atoms with E-state index in [0.717, 1.165) is 13.1 Å². The molecule has 0 unspecified atom stereocenters. The summed E-state index contributed by atoms with van der Waals surface area (Å²) in [5.41, 5.74) is 2.80. The van der Waals surface area contributed by atoms with Crippen LogP contribution in [0.4, 0.5) is 0 Å². The minimum Gasteiger partial charge on any atom is -0.305 e. The van der Waals surface area contributed by atoms with Gasteiger partial charge in [0, 0.05) is 13.1 Å². The first kappa shape index (κ1) is 13.1. The molecule has 0 aliphatic heterocycles. The molecule has 18 heavy (non-hydrogen) atoms. The summed E-state index contributed by atoms with van der Waals surface area (Å²) in [6, 6.07) is 13.2. The second-order valence-electron chi connectivity index (χ2n) is 5.40. The van der Waals surface area contributed by atoms with Gasteiger partial charge in [-0.15, -0.1) is 0 Å². The SMILES string of the molecule is CN(C)Cc1ccc(CN(C)C)c2ccccc12. The number of benzene rings is 2. The van der Waals surface area contributed by atoms with Crippen molar-refractivity contribution in [1.82, 2.24) is 9.80 Å². The maximum Gasteiger partial charge on any atom is 0.0233 e. The van der Waals surface area contributed by atoms with Crippen LogP contribution in [0, 0.1) is 0 Å². The van der Waals surface area contributed by atoms with Crippen molar-refractivity contribution in [3.8, 4) is 0 Å². The van der Waals surface area contributed by atoms with E-state index in [4.69, 9.17) is 0 Å². The number of nitrogens with zero attached hydrogens (tertiary/aromatic N) is 2. The Hall–Kier alpha value is -1.38. The Morgan fingerprint density at radius 1 is 0.667 bits per heavy atom. The predicted molar refractivity (Wildman–Crippen MR) is 78.7 cm³/mol. The lowest BCUT2D eigenvalue weighted by molar-refractivity contribution is 0.401. The van der Waals surface area contributed by atoms with E-state index < -0.39 is 0 Å².